The molecule has 2 aromatic carbocycles. The Balaban J connectivity index is 1.86. The normalized spacial score (nSPS) is 10.6. The van der Waals surface area contributed by atoms with E-state index in [0.717, 1.165) is 5.52 Å². The Kier molecular flexibility index (Phi) is 3.27. The van der Waals surface area contributed by atoms with E-state index in [1.165, 1.54) is 0 Å². The number of hydrogen-bond donors (Lipinski definition) is 1. The molecule has 21 heavy (non-hydrogen) atoms. The zero-order valence-corrected chi connectivity index (χ0v) is 11.7. The molecule has 3 rings (SSSR count). The van der Waals surface area contributed by atoms with Gasteiger partial charge in [0.2, 0.25) is 0 Å². The predicted octanol–water partition coefficient (Wildman–Crippen LogP) is 2.23. The number of nitrogens with zero attached hydrogens (tertiary/aromatic N) is 3. The molecule has 6 nitrogen and oxygen atoms in total. The van der Waals surface area contributed by atoms with Crippen LogP contribution in [-0.4, -0.2) is 28.0 Å². The summed E-state index contributed by atoms with van der Waals surface area (Å²) in [4.78, 5) is 12.3. The van der Waals surface area contributed by atoms with Crippen LogP contribution in [0.1, 0.15) is 10.4 Å². The molecule has 0 aliphatic carbocycles. The molecule has 0 saturated heterocycles. The van der Waals surface area contributed by atoms with E-state index in [-0.39, 0.29) is 5.91 Å². The van der Waals surface area contributed by atoms with Crippen molar-refractivity contribution in [2.24, 2.45) is 7.05 Å². The first-order chi connectivity index (χ1) is 10.2. The molecule has 0 radical (unpaired) electrons. The van der Waals surface area contributed by atoms with Gasteiger partial charge in [0.25, 0.3) is 5.91 Å². The number of aryl methyl sites for hydroxylation is 1. The fourth-order valence-corrected chi connectivity index (χ4v) is 2.09. The highest BCUT2D eigenvalue weighted by atomic mass is 16.5. The summed E-state index contributed by atoms with van der Waals surface area (Å²) in [6, 6.07) is 12.5. The second kappa shape index (κ2) is 5.24. The molecule has 0 bridgehead atoms. The van der Waals surface area contributed by atoms with Crippen molar-refractivity contribution in [1.82, 2.24) is 15.0 Å². The van der Waals surface area contributed by atoms with Crippen LogP contribution in [0.15, 0.2) is 42.5 Å². The highest BCUT2D eigenvalue weighted by Crippen LogP contribution is 2.18. The number of carbonyl (C=O) groups is 1. The standard InChI is InChI=1S/C15H14N4O2/c1-19-14-7-6-10(8-13(14)17-18-19)15(20)16-11-4-3-5-12(9-11)21-2/h3-9H,1-2H3,(H,16,20). The molecular formula is C15H14N4O2. The van der Waals surface area contributed by atoms with Gasteiger partial charge in [-0.15, -0.1) is 5.10 Å². The molecule has 106 valence electrons. The number of carbonyl (C=O) groups excluding carboxylic acids is 1. The molecule has 0 unspecified atom stereocenters. The van der Waals surface area contributed by atoms with Crippen molar-refractivity contribution in [1.29, 1.82) is 0 Å². The van der Waals surface area contributed by atoms with Crippen molar-refractivity contribution in [3.05, 3.63) is 48.0 Å². The lowest BCUT2D eigenvalue weighted by molar-refractivity contribution is 0.102. The summed E-state index contributed by atoms with van der Waals surface area (Å²) in [5.41, 5.74) is 2.79. The number of hydrogen-bond acceptors (Lipinski definition) is 4. The van der Waals surface area contributed by atoms with E-state index in [1.807, 2.05) is 25.2 Å². The van der Waals surface area contributed by atoms with Gasteiger partial charge in [-0.2, -0.15) is 0 Å². The minimum atomic E-state index is -0.198. The summed E-state index contributed by atoms with van der Waals surface area (Å²) in [6.45, 7) is 0. The molecule has 1 amide bonds. The van der Waals surface area contributed by atoms with Crippen LogP contribution >= 0.6 is 0 Å². The summed E-state index contributed by atoms with van der Waals surface area (Å²) in [5.74, 6) is 0.494. The molecule has 0 saturated carbocycles. The molecule has 1 aromatic heterocycles. The first-order valence-electron chi connectivity index (χ1n) is 6.42. The molecule has 0 fully saturated rings. The van der Waals surface area contributed by atoms with Crippen LogP contribution in [-0.2, 0) is 7.05 Å². The van der Waals surface area contributed by atoms with Crippen LogP contribution in [0.5, 0.6) is 5.75 Å². The van der Waals surface area contributed by atoms with E-state index in [9.17, 15) is 4.79 Å². The van der Waals surface area contributed by atoms with Crippen molar-refractivity contribution in [2.75, 3.05) is 12.4 Å². The summed E-state index contributed by atoms with van der Waals surface area (Å²) < 4.78 is 6.80. The molecular weight excluding hydrogens is 268 g/mol. The van der Waals surface area contributed by atoms with E-state index < -0.39 is 0 Å². The topological polar surface area (TPSA) is 69.0 Å². The zero-order chi connectivity index (χ0) is 14.8. The largest absolute Gasteiger partial charge is 0.497 e. The predicted molar refractivity (Wildman–Crippen MR) is 79.5 cm³/mol. The minimum absolute atomic E-state index is 0.198. The number of amides is 1. The minimum Gasteiger partial charge on any atom is -0.497 e. The number of nitrogens with one attached hydrogen (secondary N) is 1. The van der Waals surface area contributed by atoms with Crippen molar-refractivity contribution in [3.63, 3.8) is 0 Å². The Morgan fingerprint density at radius 1 is 1.24 bits per heavy atom. The Morgan fingerprint density at radius 3 is 2.90 bits per heavy atom. The number of fused-ring (bicyclic) bond motifs is 1. The summed E-state index contributed by atoms with van der Waals surface area (Å²) >= 11 is 0. The smallest absolute Gasteiger partial charge is 0.255 e. The molecule has 0 spiro atoms. The summed E-state index contributed by atoms with van der Waals surface area (Å²) in [5, 5.41) is 10.8. The lowest BCUT2D eigenvalue weighted by Crippen LogP contribution is -2.11. The lowest BCUT2D eigenvalue weighted by atomic mass is 10.2. The highest BCUT2D eigenvalue weighted by molar-refractivity contribution is 6.05. The van der Waals surface area contributed by atoms with E-state index in [1.54, 1.807) is 36.1 Å². The fourth-order valence-electron chi connectivity index (χ4n) is 2.09. The van der Waals surface area contributed by atoms with Crippen molar-refractivity contribution >= 4 is 22.6 Å². The Hall–Kier alpha value is -2.89. The SMILES string of the molecule is COc1cccc(NC(=O)c2ccc3c(c2)nnn3C)c1. The highest BCUT2D eigenvalue weighted by Gasteiger charge is 2.09. The summed E-state index contributed by atoms with van der Waals surface area (Å²) in [7, 11) is 3.40. The number of aromatic nitrogens is 3. The second-order valence-electron chi connectivity index (χ2n) is 4.60. The maximum atomic E-state index is 12.3. The molecule has 3 aromatic rings. The van der Waals surface area contributed by atoms with E-state index in [0.29, 0.717) is 22.5 Å². The van der Waals surface area contributed by atoms with Gasteiger partial charge in [0, 0.05) is 24.4 Å². The van der Waals surface area contributed by atoms with Crippen LogP contribution in [0.25, 0.3) is 11.0 Å². The molecule has 0 aliphatic rings. The van der Waals surface area contributed by atoms with Crippen LogP contribution in [0.2, 0.25) is 0 Å². The van der Waals surface area contributed by atoms with Crippen LogP contribution in [0.4, 0.5) is 5.69 Å². The van der Waals surface area contributed by atoms with Crippen molar-refractivity contribution in [2.45, 2.75) is 0 Å². The monoisotopic (exact) mass is 282 g/mol. The number of benzene rings is 2. The van der Waals surface area contributed by atoms with E-state index in [4.69, 9.17) is 4.74 Å². The number of rotatable bonds is 3. The fraction of sp³-hybridized carbons (Fsp3) is 0.133. The van der Waals surface area contributed by atoms with Crippen LogP contribution < -0.4 is 10.1 Å². The third-order valence-electron chi connectivity index (χ3n) is 3.20. The second-order valence-corrected chi connectivity index (χ2v) is 4.60. The Morgan fingerprint density at radius 2 is 2.10 bits per heavy atom. The van der Waals surface area contributed by atoms with Gasteiger partial charge in [0.05, 0.1) is 12.6 Å². The average Bonchev–Trinajstić information content (AvgIpc) is 2.88. The third kappa shape index (κ3) is 2.55. The first kappa shape index (κ1) is 13.1. The van der Waals surface area contributed by atoms with Crippen molar-refractivity contribution in [3.8, 4) is 5.75 Å². The number of methoxy groups -OCH3 is 1. The van der Waals surface area contributed by atoms with E-state index >= 15 is 0 Å². The van der Waals surface area contributed by atoms with Gasteiger partial charge in [-0.05, 0) is 30.3 Å². The van der Waals surface area contributed by atoms with Crippen molar-refractivity contribution < 1.29 is 9.53 Å². The van der Waals surface area contributed by atoms with Gasteiger partial charge in [-0.25, -0.2) is 4.68 Å². The molecule has 0 atom stereocenters. The average molecular weight is 282 g/mol. The third-order valence-corrected chi connectivity index (χ3v) is 3.20. The Labute approximate surface area is 121 Å². The van der Waals surface area contributed by atoms with Gasteiger partial charge in [-0.1, -0.05) is 11.3 Å². The quantitative estimate of drug-likeness (QED) is 0.799. The van der Waals surface area contributed by atoms with Gasteiger partial charge < -0.3 is 10.1 Å². The van der Waals surface area contributed by atoms with Crippen LogP contribution in [0, 0.1) is 0 Å². The van der Waals surface area contributed by atoms with Crippen LogP contribution in [0.3, 0.4) is 0 Å². The molecule has 0 aliphatic heterocycles. The molecule has 1 N–H and O–H groups in total. The first-order valence-corrected chi connectivity index (χ1v) is 6.42. The number of anilines is 1. The van der Waals surface area contributed by atoms with Gasteiger partial charge in [0.1, 0.15) is 11.3 Å². The van der Waals surface area contributed by atoms with Gasteiger partial charge in [-0.3, -0.25) is 4.79 Å². The molecule has 6 heteroatoms. The number of ether oxygens (including phenoxy) is 1. The lowest BCUT2D eigenvalue weighted by Gasteiger charge is -2.07. The zero-order valence-electron chi connectivity index (χ0n) is 11.7. The summed E-state index contributed by atoms with van der Waals surface area (Å²) in [6.07, 6.45) is 0. The maximum absolute atomic E-state index is 12.3. The van der Waals surface area contributed by atoms with E-state index in [2.05, 4.69) is 15.6 Å². The maximum Gasteiger partial charge on any atom is 0.255 e. The molecule has 1 heterocycles. The Bertz CT molecular complexity index is 810. The van der Waals surface area contributed by atoms with Gasteiger partial charge in [0.15, 0.2) is 0 Å². The van der Waals surface area contributed by atoms with Gasteiger partial charge >= 0.3 is 0 Å².